The number of hydrazone groups is 1. The predicted molar refractivity (Wildman–Crippen MR) is 127 cm³/mol. The van der Waals surface area contributed by atoms with Crippen LogP contribution in [-0.4, -0.2) is 46.7 Å². The van der Waals surface area contributed by atoms with Gasteiger partial charge in [0.15, 0.2) is 0 Å². The summed E-state index contributed by atoms with van der Waals surface area (Å²) in [6.45, 7) is 7.64. The molecule has 0 aliphatic carbocycles. The molecule has 2 heterocycles. The second-order valence-corrected chi connectivity index (χ2v) is 9.66. The van der Waals surface area contributed by atoms with Crippen LogP contribution in [0.3, 0.4) is 0 Å². The molecule has 0 fully saturated rings. The number of benzene rings is 2. The molecule has 7 heteroatoms. The van der Waals surface area contributed by atoms with Gasteiger partial charge in [-0.25, -0.2) is 5.01 Å². The number of carbonyl (C=O) groups excluding carboxylic acids is 1. The van der Waals surface area contributed by atoms with E-state index in [2.05, 4.69) is 34.3 Å². The molecule has 2 aliphatic heterocycles. The predicted octanol–water partition coefficient (Wildman–Crippen LogP) is 4.67. The number of hydrogen-bond donors (Lipinski definition) is 0. The summed E-state index contributed by atoms with van der Waals surface area (Å²) in [4.78, 5) is 19.1. The lowest BCUT2D eigenvalue weighted by atomic mass is 9.96. The Morgan fingerprint density at radius 2 is 2.00 bits per heavy atom. The van der Waals surface area contributed by atoms with Crippen LogP contribution in [0.5, 0.6) is 0 Å². The lowest BCUT2D eigenvalue weighted by Crippen LogP contribution is -2.39. The third kappa shape index (κ3) is 3.96. The van der Waals surface area contributed by atoms with Crippen LogP contribution in [0.15, 0.2) is 52.6 Å². The van der Waals surface area contributed by atoms with Crippen molar-refractivity contribution < 1.29 is 4.79 Å². The second kappa shape index (κ2) is 8.20. The van der Waals surface area contributed by atoms with Gasteiger partial charge < -0.3 is 4.90 Å². The van der Waals surface area contributed by atoms with Crippen molar-refractivity contribution in [3.63, 3.8) is 0 Å². The maximum Gasteiger partial charge on any atom is 0.302 e. The van der Waals surface area contributed by atoms with Gasteiger partial charge in [-0.3, -0.25) is 9.79 Å². The van der Waals surface area contributed by atoms with E-state index in [0.717, 1.165) is 41.3 Å². The van der Waals surface area contributed by atoms with Crippen molar-refractivity contribution in [1.82, 2.24) is 5.01 Å². The summed E-state index contributed by atoms with van der Waals surface area (Å²) in [6.07, 6.45) is 0.914. The van der Waals surface area contributed by atoms with Gasteiger partial charge >= 0.3 is 5.24 Å². The molecule has 4 rings (SSSR count). The molecule has 6 nitrogen and oxygen atoms in total. The van der Waals surface area contributed by atoms with Gasteiger partial charge in [-0.1, -0.05) is 17.8 Å². The highest BCUT2D eigenvalue weighted by Gasteiger charge is 2.37. The summed E-state index contributed by atoms with van der Waals surface area (Å²) in [5, 5.41) is 15.0. The molecule has 0 saturated carbocycles. The average Bonchev–Trinajstić information content (AvgIpc) is 3.17. The van der Waals surface area contributed by atoms with Crippen LogP contribution < -0.4 is 4.90 Å². The van der Waals surface area contributed by atoms with Crippen LogP contribution >= 0.6 is 11.8 Å². The SMILES string of the molecule is CCN=C(c1ccc(C#N)cc1)N1CCc2cc(C3=NN(C)C(=O)SC3(C)C)ccc21. The van der Waals surface area contributed by atoms with Gasteiger partial charge in [-0.05, 0) is 74.7 Å². The number of carbonyl (C=O) groups is 1. The van der Waals surface area contributed by atoms with Crippen molar-refractivity contribution in [1.29, 1.82) is 5.26 Å². The molecule has 2 aromatic rings. The third-order valence-corrected chi connectivity index (χ3v) is 6.65. The van der Waals surface area contributed by atoms with Gasteiger partial charge in [0.2, 0.25) is 0 Å². The Kier molecular flexibility index (Phi) is 5.59. The van der Waals surface area contributed by atoms with Crippen molar-refractivity contribution in [2.45, 2.75) is 31.9 Å². The largest absolute Gasteiger partial charge is 0.326 e. The van der Waals surface area contributed by atoms with E-state index in [4.69, 9.17) is 10.3 Å². The van der Waals surface area contributed by atoms with Gasteiger partial charge in [-0.15, -0.1) is 0 Å². The molecule has 2 aromatic carbocycles. The quantitative estimate of drug-likeness (QED) is 0.523. The van der Waals surface area contributed by atoms with E-state index >= 15 is 0 Å². The zero-order valence-corrected chi connectivity index (χ0v) is 19.0. The monoisotopic (exact) mass is 431 g/mol. The molecule has 2 aliphatic rings. The molecular formula is C24H25N5OS. The maximum absolute atomic E-state index is 12.1. The Bertz CT molecular complexity index is 1130. The van der Waals surface area contributed by atoms with Gasteiger partial charge in [0, 0.05) is 31.4 Å². The number of hydrogen-bond acceptors (Lipinski definition) is 5. The lowest BCUT2D eigenvalue weighted by molar-refractivity contribution is 0.234. The Morgan fingerprint density at radius 3 is 2.68 bits per heavy atom. The van der Waals surface area contributed by atoms with Crippen LogP contribution in [-0.2, 0) is 6.42 Å². The van der Waals surface area contributed by atoms with Crippen molar-refractivity contribution in [2.24, 2.45) is 10.1 Å². The zero-order valence-electron chi connectivity index (χ0n) is 18.2. The number of rotatable bonds is 3. The highest BCUT2D eigenvalue weighted by Crippen LogP contribution is 2.37. The first-order valence-electron chi connectivity index (χ1n) is 10.4. The zero-order chi connectivity index (χ0) is 22.2. The highest BCUT2D eigenvalue weighted by atomic mass is 32.2. The Labute approximate surface area is 187 Å². The number of aliphatic imine (C=N–C) groups is 1. The van der Waals surface area contributed by atoms with Crippen molar-refractivity contribution >= 4 is 34.2 Å². The van der Waals surface area contributed by atoms with Crippen LogP contribution in [0.1, 0.15) is 43.0 Å². The molecule has 0 atom stereocenters. The first kappa shape index (κ1) is 21.1. The molecule has 31 heavy (non-hydrogen) atoms. The third-order valence-electron chi connectivity index (χ3n) is 5.51. The molecule has 0 saturated heterocycles. The summed E-state index contributed by atoms with van der Waals surface area (Å²) in [6, 6.07) is 16.2. The molecular weight excluding hydrogens is 406 g/mol. The fourth-order valence-corrected chi connectivity index (χ4v) is 4.86. The second-order valence-electron chi connectivity index (χ2n) is 8.08. The summed E-state index contributed by atoms with van der Waals surface area (Å²) in [7, 11) is 1.70. The fraction of sp³-hybridized carbons (Fsp3) is 0.333. The summed E-state index contributed by atoms with van der Waals surface area (Å²) in [5.41, 5.74) is 6.00. The van der Waals surface area contributed by atoms with Crippen LogP contribution in [0.2, 0.25) is 0 Å². The van der Waals surface area contributed by atoms with Crippen LogP contribution in [0.4, 0.5) is 10.5 Å². The number of amides is 1. The maximum atomic E-state index is 12.1. The molecule has 158 valence electrons. The number of thioether (sulfide) groups is 1. The summed E-state index contributed by atoms with van der Waals surface area (Å²) >= 11 is 1.30. The minimum absolute atomic E-state index is 0.0380. The number of nitrogens with zero attached hydrogens (tertiary/aromatic N) is 5. The topological polar surface area (TPSA) is 72.1 Å². The number of anilines is 1. The molecule has 0 N–H and O–H groups in total. The van der Waals surface area contributed by atoms with E-state index in [1.165, 1.54) is 22.3 Å². The van der Waals surface area contributed by atoms with Crippen LogP contribution in [0, 0.1) is 11.3 Å². The first-order valence-corrected chi connectivity index (χ1v) is 11.2. The Hall–Kier alpha value is -3.11. The van der Waals surface area contributed by atoms with Gasteiger partial charge in [0.25, 0.3) is 0 Å². The number of amidine groups is 1. The Morgan fingerprint density at radius 1 is 1.26 bits per heavy atom. The average molecular weight is 432 g/mol. The smallest absolute Gasteiger partial charge is 0.302 e. The van der Waals surface area contributed by atoms with E-state index in [-0.39, 0.29) is 9.99 Å². The fourth-order valence-electron chi connectivity index (χ4n) is 3.99. The number of nitriles is 1. The van der Waals surface area contributed by atoms with Gasteiger partial charge in [0.05, 0.1) is 22.1 Å². The van der Waals surface area contributed by atoms with Crippen molar-refractivity contribution in [2.75, 3.05) is 25.0 Å². The van der Waals surface area contributed by atoms with Gasteiger partial charge in [0.1, 0.15) is 5.84 Å². The molecule has 0 radical (unpaired) electrons. The highest BCUT2D eigenvalue weighted by molar-refractivity contribution is 8.15. The minimum atomic E-state index is -0.382. The van der Waals surface area contributed by atoms with Crippen LogP contribution in [0.25, 0.3) is 0 Å². The first-order chi connectivity index (χ1) is 14.8. The molecule has 0 spiro atoms. The Balaban J connectivity index is 1.69. The lowest BCUT2D eigenvalue weighted by Gasteiger charge is -2.32. The van der Waals surface area contributed by atoms with E-state index in [0.29, 0.717) is 12.1 Å². The van der Waals surface area contributed by atoms with E-state index in [9.17, 15) is 4.79 Å². The molecule has 0 aromatic heterocycles. The standard InChI is InChI=1S/C24H25N5OS/c1-5-26-22(17-8-6-16(15-25)7-9-17)29-13-12-18-14-19(10-11-20(18)29)21-24(2,3)31-23(30)28(4)27-21/h6-11,14H,5,12-13H2,1-4H3. The van der Waals surface area contributed by atoms with E-state index in [1.807, 2.05) is 45.0 Å². The molecule has 0 bridgehead atoms. The van der Waals surface area contributed by atoms with Crippen molar-refractivity contribution in [3.05, 3.63) is 64.7 Å². The molecule has 0 unspecified atom stereocenters. The van der Waals surface area contributed by atoms with Gasteiger partial charge in [-0.2, -0.15) is 10.4 Å². The van der Waals surface area contributed by atoms with E-state index < -0.39 is 0 Å². The van der Waals surface area contributed by atoms with E-state index in [1.54, 1.807) is 7.05 Å². The minimum Gasteiger partial charge on any atom is -0.326 e. The van der Waals surface area contributed by atoms with Crippen molar-refractivity contribution in [3.8, 4) is 6.07 Å². The normalized spacial score (nSPS) is 18.0. The molecule has 1 amide bonds. The number of fused-ring (bicyclic) bond motifs is 1. The summed E-state index contributed by atoms with van der Waals surface area (Å²) < 4.78 is -0.382. The summed E-state index contributed by atoms with van der Waals surface area (Å²) in [5.74, 6) is 0.926.